The van der Waals surface area contributed by atoms with Gasteiger partial charge in [0.05, 0.1) is 0 Å². The number of fused-ring (bicyclic) bond motifs is 1. The molecule has 0 saturated carbocycles. The summed E-state index contributed by atoms with van der Waals surface area (Å²) in [6.07, 6.45) is 10.0. The lowest BCUT2D eigenvalue weighted by Crippen LogP contribution is -2.17. The van der Waals surface area contributed by atoms with E-state index < -0.39 is 0 Å². The standard InChI is InChI=1S/C22H30O4/c1-14-9-11-19-17(4)22(24)26-21(19)13-15(2)7-6-8-16(3)20(12-10-14)25-18(5)23/h8,10,13,19-21H,4,6-7,9,11-12H2,1-3,5H3. The summed E-state index contributed by atoms with van der Waals surface area (Å²) in [7, 11) is 0. The third-order valence-corrected chi connectivity index (χ3v) is 5.15. The Bertz CT molecular complexity index is 666. The van der Waals surface area contributed by atoms with Crippen molar-refractivity contribution >= 4 is 11.9 Å². The molecule has 142 valence electrons. The van der Waals surface area contributed by atoms with Crippen molar-refractivity contribution in [1.29, 1.82) is 0 Å². The van der Waals surface area contributed by atoms with E-state index in [9.17, 15) is 9.59 Å². The fourth-order valence-electron chi connectivity index (χ4n) is 3.46. The summed E-state index contributed by atoms with van der Waals surface area (Å²) in [5.74, 6) is -0.502. The van der Waals surface area contributed by atoms with E-state index in [2.05, 4.69) is 38.7 Å². The van der Waals surface area contributed by atoms with Gasteiger partial charge < -0.3 is 9.47 Å². The molecule has 1 aliphatic carbocycles. The van der Waals surface area contributed by atoms with Crippen molar-refractivity contribution in [2.75, 3.05) is 0 Å². The first-order chi connectivity index (χ1) is 12.3. The van der Waals surface area contributed by atoms with E-state index in [-0.39, 0.29) is 30.1 Å². The van der Waals surface area contributed by atoms with Gasteiger partial charge in [0.1, 0.15) is 12.2 Å². The highest BCUT2D eigenvalue weighted by molar-refractivity contribution is 5.91. The minimum absolute atomic E-state index is 0.0327. The van der Waals surface area contributed by atoms with E-state index in [1.165, 1.54) is 18.1 Å². The Kier molecular flexibility index (Phi) is 7.01. The van der Waals surface area contributed by atoms with Crippen molar-refractivity contribution in [3.63, 3.8) is 0 Å². The predicted octanol–water partition coefficient (Wildman–Crippen LogP) is 4.82. The Hall–Kier alpha value is -2.10. The maximum Gasteiger partial charge on any atom is 0.334 e. The fraction of sp³-hybridized carbons (Fsp3) is 0.545. The second kappa shape index (κ2) is 9.02. The van der Waals surface area contributed by atoms with Gasteiger partial charge in [0.25, 0.3) is 0 Å². The van der Waals surface area contributed by atoms with E-state index in [1.807, 2.05) is 6.92 Å². The first-order valence-corrected chi connectivity index (χ1v) is 9.34. The minimum Gasteiger partial charge on any atom is -0.458 e. The van der Waals surface area contributed by atoms with Crippen LogP contribution in [0.3, 0.4) is 0 Å². The van der Waals surface area contributed by atoms with Crippen LogP contribution in [0.25, 0.3) is 0 Å². The second-order valence-corrected chi connectivity index (χ2v) is 7.42. The van der Waals surface area contributed by atoms with E-state index in [0.717, 1.165) is 31.3 Å². The fourth-order valence-corrected chi connectivity index (χ4v) is 3.46. The van der Waals surface area contributed by atoms with Crippen LogP contribution in [0.15, 0.2) is 47.1 Å². The number of esters is 2. The summed E-state index contributed by atoms with van der Waals surface area (Å²) in [5.41, 5.74) is 4.07. The number of carbonyl (C=O) groups excluding carboxylic acids is 2. The lowest BCUT2D eigenvalue weighted by atomic mass is 9.88. The summed E-state index contributed by atoms with van der Waals surface area (Å²) >= 11 is 0. The molecule has 1 fully saturated rings. The van der Waals surface area contributed by atoms with Crippen LogP contribution in [0.1, 0.15) is 59.8 Å². The Labute approximate surface area is 156 Å². The van der Waals surface area contributed by atoms with Crippen LogP contribution >= 0.6 is 0 Å². The topological polar surface area (TPSA) is 52.6 Å². The SMILES string of the molecule is C=C1C(=O)OC2C=C(C)CCC=C(C)C(OC(C)=O)CC=C(C)CCC12. The molecule has 2 aliphatic rings. The van der Waals surface area contributed by atoms with Gasteiger partial charge in [-0.1, -0.05) is 29.9 Å². The molecule has 0 aromatic carbocycles. The van der Waals surface area contributed by atoms with Crippen LogP contribution in [0.2, 0.25) is 0 Å². The van der Waals surface area contributed by atoms with Crippen molar-refractivity contribution in [3.05, 3.63) is 47.1 Å². The second-order valence-electron chi connectivity index (χ2n) is 7.42. The van der Waals surface area contributed by atoms with Crippen LogP contribution in [0.5, 0.6) is 0 Å². The molecule has 4 heteroatoms. The molecular formula is C22H30O4. The molecule has 0 aromatic rings. The lowest BCUT2D eigenvalue weighted by Gasteiger charge is -2.19. The summed E-state index contributed by atoms with van der Waals surface area (Å²) in [5, 5.41) is 0. The number of ether oxygens (including phenoxy) is 2. The van der Waals surface area contributed by atoms with Gasteiger partial charge >= 0.3 is 11.9 Å². The van der Waals surface area contributed by atoms with Crippen molar-refractivity contribution in [2.24, 2.45) is 5.92 Å². The zero-order valence-corrected chi connectivity index (χ0v) is 16.3. The van der Waals surface area contributed by atoms with E-state index in [4.69, 9.17) is 9.47 Å². The van der Waals surface area contributed by atoms with E-state index in [0.29, 0.717) is 12.0 Å². The van der Waals surface area contributed by atoms with Gasteiger partial charge in [0, 0.05) is 24.8 Å². The van der Waals surface area contributed by atoms with Gasteiger partial charge in [-0.2, -0.15) is 0 Å². The molecule has 1 saturated heterocycles. The van der Waals surface area contributed by atoms with Gasteiger partial charge in [-0.15, -0.1) is 0 Å². The zero-order chi connectivity index (χ0) is 19.3. The highest BCUT2D eigenvalue weighted by atomic mass is 16.6. The molecule has 3 atom stereocenters. The largest absolute Gasteiger partial charge is 0.458 e. The highest BCUT2D eigenvalue weighted by Gasteiger charge is 2.36. The first-order valence-electron chi connectivity index (χ1n) is 9.34. The number of hydrogen-bond donors (Lipinski definition) is 0. The molecule has 4 nitrogen and oxygen atoms in total. The Morgan fingerprint density at radius 2 is 1.92 bits per heavy atom. The molecule has 1 aliphatic heterocycles. The van der Waals surface area contributed by atoms with Crippen molar-refractivity contribution in [1.82, 2.24) is 0 Å². The molecular weight excluding hydrogens is 328 g/mol. The summed E-state index contributed by atoms with van der Waals surface area (Å²) in [6, 6.07) is 0. The molecule has 0 N–H and O–H groups in total. The molecule has 0 aromatic heterocycles. The number of hydrogen-bond acceptors (Lipinski definition) is 4. The number of carbonyl (C=O) groups is 2. The highest BCUT2D eigenvalue weighted by Crippen LogP contribution is 2.33. The lowest BCUT2D eigenvalue weighted by molar-refractivity contribution is -0.144. The van der Waals surface area contributed by atoms with Gasteiger partial charge in [-0.25, -0.2) is 4.79 Å². The van der Waals surface area contributed by atoms with Crippen LogP contribution in [0.4, 0.5) is 0 Å². The Morgan fingerprint density at radius 3 is 2.62 bits per heavy atom. The van der Waals surface area contributed by atoms with Gasteiger partial charge in [-0.3, -0.25) is 4.79 Å². The van der Waals surface area contributed by atoms with Gasteiger partial charge in [0.2, 0.25) is 0 Å². The molecule has 1 heterocycles. The minimum atomic E-state index is -0.277. The van der Waals surface area contributed by atoms with Crippen LogP contribution in [-0.4, -0.2) is 24.1 Å². The third-order valence-electron chi connectivity index (χ3n) is 5.15. The molecule has 0 spiro atoms. The average molecular weight is 358 g/mol. The molecule has 3 unspecified atom stereocenters. The number of rotatable bonds is 1. The molecule has 0 radical (unpaired) electrons. The van der Waals surface area contributed by atoms with E-state index in [1.54, 1.807) is 0 Å². The summed E-state index contributed by atoms with van der Waals surface area (Å²) < 4.78 is 11.0. The van der Waals surface area contributed by atoms with Crippen LogP contribution in [0, 0.1) is 5.92 Å². The van der Waals surface area contributed by atoms with Crippen molar-refractivity contribution in [3.8, 4) is 0 Å². The van der Waals surface area contributed by atoms with E-state index >= 15 is 0 Å². The Balaban J connectivity index is 2.25. The predicted molar refractivity (Wildman–Crippen MR) is 102 cm³/mol. The first kappa shape index (κ1) is 20.2. The molecule has 0 amide bonds. The van der Waals surface area contributed by atoms with Crippen molar-refractivity contribution in [2.45, 2.75) is 72.0 Å². The maximum atomic E-state index is 11.9. The quantitative estimate of drug-likeness (QED) is 0.383. The Morgan fingerprint density at radius 1 is 1.19 bits per heavy atom. The summed E-state index contributed by atoms with van der Waals surface area (Å²) in [6.45, 7) is 11.5. The van der Waals surface area contributed by atoms with Crippen LogP contribution < -0.4 is 0 Å². The normalized spacial score (nSPS) is 28.2. The molecule has 0 bridgehead atoms. The van der Waals surface area contributed by atoms with Gasteiger partial charge in [-0.05, 0) is 58.1 Å². The zero-order valence-electron chi connectivity index (χ0n) is 16.3. The monoisotopic (exact) mass is 358 g/mol. The van der Waals surface area contributed by atoms with Gasteiger partial charge in [0.15, 0.2) is 0 Å². The summed E-state index contributed by atoms with van der Waals surface area (Å²) in [4.78, 5) is 23.4. The number of allylic oxidation sites excluding steroid dienone is 3. The maximum absolute atomic E-state index is 11.9. The smallest absolute Gasteiger partial charge is 0.334 e. The van der Waals surface area contributed by atoms with Crippen LogP contribution in [-0.2, 0) is 19.1 Å². The average Bonchev–Trinajstić information content (AvgIpc) is 2.82. The molecule has 2 rings (SSSR count). The molecule has 26 heavy (non-hydrogen) atoms. The third kappa shape index (κ3) is 5.45. The van der Waals surface area contributed by atoms with Crippen molar-refractivity contribution < 1.29 is 19.1 Å².